The summed E-state index contributed by atoms with van der Waals surface area (Å²) in [6.45, 7) is 3.45. The second-order valence-corrected chi connectivity index (χ2v) is 4.93. The summed E-state index contributed by atoms with van der Waals surface area (Å²) in [6.07, 6.45) is 0. The zero-order chi connectivity index (χ0) is 16.1. The van der Waals surface area contributed by atoms with E-state index < -0.39 is 5.91 Å². The number of carbonyl (C=O) groups is 2. The molecule has 1 heterocycles. The number of carbonyl (C=O) groups excluding carboxylic acids is 2. The zero-order valence-electron chi connectivity index (χ0n) is 12.5. The molecule has 0 saturated carbocycles. The van der Waals surface area contributed by atoms with E-state index in [1.165, 1.54) is 0 Å². The SMILES string of the molecule is Cc1ccc(C(C)NC(=O)c2cccc(OCC(N)=O)c2)o1. The number of primary amides is 1. The van der Waals surface area contributed by atoms with Gasteiger partial charge in [0, 0.05) is 5.56 Å². The van der Waals surface area contributed by atoms with Crippen LogP contribution in [0, 0.1) is 6.92 Å². The largest absolute Gasteiger partial charge is 0.484 e. The maximum Gasteiger partial charge on any atom is 0.255 e. The molecule has 1 aromatic carbocycles. The van der Waals surface area contributed by atoms with Crippen LogP contribution in [0.4, 0.5) is 0 Å². The summed E-state index contributed by atoms with van der Waals surface area (Å²) < 4.78 is 10.7. The van der Waals surface area contributed by atoms with E-state index in [0.717, 1.165) is 5.76 Å². The first-order valence-corrected chi connectivity index (χ1v) is 6.84. The standard InChI is InChI=1S/C16H18N2O4/c1-10-6-7-14(22-10)11(2)18-16(20)12-4-3-5-13(8-12)21-9-15(17)19/h3-8,11H,9H2,1-2H3,(H2,17,19)(H,18,20). The molecule has 0 aliphatic rings. The van der Waals surface area contributed by atoms with Gasteiger partial charge in [-0.15, -0.1) is 0 Å². The van der Waals surface area contributed by atoms with E-state index in [1.54, 1.807) is 24.3 Å². The van der Waals surface area contributed by atoms with Crippen molar-refractivity contribution in [3.8, 4) is 5.75 Å². The third kappa shape index (κ3) is 4.12. The monoisotopic (exact) mass is 302 g/mol. The first-order chi connectivity index (χ1) is 10.5. The van der Waals surface area contributed by atoms with Gasteiger partial charge in [0.2, 0.25) is 0 Å². The van der Waals surface area contributed by atoms with Gasteiger partial charge in [0.1, 0.15) is 17.3 Å². The van der Waals surface area contributed by atoms with Crippen LogP contribution in [0.25, 0.3) is 0 Å². The van der Waals surface area contributed by atoms with Gasteiger partial charge in [-0.3, -0.25) is 9.59 Å². The molecule has 0 saturated heterocycles. The lowest BCUT2D eigenvalue weighted by atomic mass is 10.1. The number of rotatable bonds is 6. The second kappa shape index (κ2) is 6.80. The fraction of sp³-hybridized carbons (Fsp3) is 0.250. The number of benzene rings is 1. The number of nitrogens with one attached hydrogen (secondary N) is 1. The predicted octanol–water partition coefficient (Wildman–Crippen LogP) is 1.94. The van der Waals surface area contributed by atoms with Crippen molar-refractivity contribution in [1.29, 1.82) is 0 Å². The highest BCUT2D eigenvalue weighted by Crippen LogP contribution is 2.18. The van der Waals surface area contributed by atoms with Crippen molar-refractivity contribution in [3.63, 3.8) is 0 Å². The Kier molecular flexibility index (Phi) is 4.83. The lowest BCUT2D eigenvalue weighted by Gasteiger charge is -2.12. The Hall–Kier alpha value is -2.76. The predicted molar refractivity (Wildman–Crippen MR) is 80.5 cm³/mol. The van der Waals surface area contributed by atoms with Gasteiger partial charge >= 0.3 is 0 Å². The number of nitrogens with two attached hydrogens (primary N) is 1. The van der Waals surface area contributed by atoms with Crippen molar-refractivity contribution in [2.75, 3.05) is 6.61 Å². The molecular formula is C16H18N2O4. The molecule has 6 nitrogen and oxygen atoms in total. The molecule has 1 aromatic heterocycles. The molecule has 6 heteroatoms. The van der Waals surface area contributed by atoms with Gasteiger partial charge in [-0.05, 0) is 44.2 Å². The average Bonchev–Trinajstić information content (AvgIpc) is 2.92. The molecule has 1 unspecified atom stereocenters. The van der Waals surface area contributed by atoms with Crippen LogP contribution in [0.15, 0.2) is 40.8 Å². The maximum atomic E-state index is 12.2. The van der Waals surface area contributed by atoms with E-state index in [1.807, 2.05) is 26.0 Å². The number of furan rings is 1. The fourth-order valence-corrected chi connectivity index (χ4v) is 1.92. The molecule has 0 radical (unpaired) electrons. The normalized spacial score (nSPS) is 11.7. The number of hydrogen-bond donors (Lipinski definition) is 2. The van der Waals surface area contributed by atoms with Gasteiger partial charge in [-0.25, -0.2) is 0 Å². The molecule has 0 aliphatic heterocycles. The molecular weight excluding hydrogens is 284 g/mol. The van der Waals surface area contributed by atoms with Crippen LogP contribution in [-0.2, 0) is 4.79 Å². The maximum absolute atomic E-state index is 12.2. The molecule has 3 N–H and O–H groups in total. The Morgan fingerprint density at radius 1 is 1.32 bits per heavy atom. The van der Waals surface area contributed by atoms with Gasteiger partial charge < -0.3 is 20.2 Å². The summed E-state index contributed by atoms with van der Waals surface area (Å²) in [6, 6.07) is 9.95. The van der Waals surface area contributed by atoms with Crippen molar-refractivity contribution in [2.45, 2.75) is 19.9 Å². The minimum Gasteiger partial charge on any atom is -0.484 e. The van der Waals surface area contributed by atoms with Crippen molar-refractivity contribution in [1.82, 2.24) is 5.32 Å². The molecule has 0 bridgehead atoms. The molecule has 0 fully saturated rings. The summed E-state index contributed by atoms with van der Waals surface area (Å²) in [5, 5.41) is 2.84. The minimum absolute atomic E-state index is 0.229. The van der Waals surface area contributed by atoms with Crippen molar-refractivity contribution >= 4 is 11.8 Å². The van der Waals surface area contributed by atoms with Crippen molar-refractivity contribution in [3.05, 3.63) is 53.5 Å². The Bertz CT molecular complexity index is 678. The molecule has 2 aromatic rings. The van der Waals surface area contributed by atoms with Crippen molar-refractivity contribution in [2.24, 2.45) is 5.73 Å². The smallest absolute Gasteiger partial charge is 0.255 e. The lowest BCUT2D eigenvalue weighted by Crippen LogP contribution is -2.26. The van der Waals surface area contributed by atoms with Gasteiger partial charge in [-0.1, -0.05) is 6.07 Å². The topological polar surface area (TPSA) is 94.6 Å². The van der Waals surface area contributed by atoms with E-state index in [0.29, 0.717) is 17.1 Å². The molecule has 0 aliphatic carbocycles. The molecule has 116 valence electrons. The summed E-state index contributed by atoms with van der Waals surface area (Å²) in [5.74, 6) is 1.06. The Balaban J connectivity index is 2.02. The van der Waals surface area contributed by atoms with Crippen LogP contribution in [0.5, 0.6) is 5.75 Å². The van der Waals surface area contributed by atoms with Gasteiger partial charge in [0.25, 0.3) is 11.8 Å². The van der Waals surface area contributed by atoms with Crippen LogP contribution in [-0.4, -0.2) is 18.4 Å². The second-order valence-electron chi connectivity index (χ2n) is 4.93. The Morgan fingerprint density at radius 3 is 2.73 bits per heavy atom. The quantitative estimate of drug-likeness (QED) is 0.852. The molecule has 22 heavy (non-hydrogen) atoms. The Labute approximate surface area is 128 Å². The minimum atomic E-state index is -0.573. The fourth-order valence-electron chi connectivity index (χ4n) is 1.92. The van der Waals surface area contributed by atoms with Gasteiger partial charge in [0.15, 0.2) is 6.61 Å². The molecule has 1 atom stereocenters. The summed E-state index contributed by atoms with van der Waals surface area (Å²) >= 11 is 0. The van der Waals surface area contributed by atoms with Gasteiger partial charge in [-0.2, -0.15) is 0 Å². The molecule has 2 rings (SSSR count). The summed E-state index contributed by atoms with van der Waals surface area (Å²) in [4.78, 5) is 22.9. The summed E-state index contributed by atoms with van der Waals surface area (Å²) in [5.41, 5.74) is 5.44. The average molecular weight is 302 g/mol. The molecule has 0 spiro atoms. The van der Waals surface area contributed by atoms with E-state index >= 15 is 0 Å². The first-order valence-electron chi connectivity index (χ1n) is 6.84. The van der Waals surface area contributed by atoms with E-state index in [-0.39, 0.29) is 18.6 Å². The highest BCUT2D eigenvalue weighted by atomic mass is 16.5. The first kappa shape index (κ1) is 15.6. The van der Waals surface area contributed by atoms with Crippen LogP contribution >= 0.6 is 0 Å². The van der Waals surface area contributed by atoms with Crippen molar-refractivity contribution < 1.29 is 18.7 Å². The third-order valence-corrected chi connectivity index (χ3v) is 3.01. The van der Waals surface area contributed by atoms with E-state index in [9.17, 15) is 9.59 Å². The van der Waals surface area contributed by atoms with E-state index in [4.69, 9.17) is 14.9 Å². The zero-order valence-corrected chi connectivity index (χ0v) is 12.5. The lowest BCUT2D eigenvalue weighted by molar-refractivity contribution is -0.119. The highest BCUT2D eigenvalue weighted by Gasteiger charge is 2.14. The van der Waals surface area contributed by atoms with Crippen LogP contribution in [0.3, 0.4) is 0 Å². The number of ether oxygens (including phenoxy) is 1. The van der Waals surface area contributed by atoms with Crippen LogP contribution < -0.4 is 15.8 Å². The number of aryl methyl sites for hydroxylation is 1. The molecule has 2 amide bonds. The van der Waals surface area contributed by atoms with E-state index in [2.05, 4.69) is 5.32 Å². The Morgan fingerprint density at radius 2 is 2.09 bits per heavy atom. The number of amides is 2. The number of hydrogen-bond acceptors (Lipinski definition) is 4. The summed E-state index contributed by atoms with van der Waals surface area (Å²) in [7, 11) is 0. The third-order valence-electron chi connectivity index (χ3n) is 3.01. The highest BCUT2D eigenvalue weighted by molar-refractivity contribution is 5.94. The van der Waals surface area contributed by atoms with Crippen LogP contribution in [0.1, 0.15) is 34.8 Å². The van der Waals surface area contributed by atoms with Gasteiger partial charge in [0.05, 0.1) is 6.04 Å². The van der Waals surface area contributed by atoms with Crippen LogP contribution in [0.2, 0.25) is 0 Å².